The van der Waals surface area contributed by atoms with Gasteiger partial charge >= 0.3 is 0 Å². The minimum Gasteiger partial charge on any atom is -0.363 e. The van der Waals surface area contributed by atoms with Crippen LogP contribution in [0, 0.1) is 6.92 Å². The molecule has 0 aliphatic rings. The molecule has 3 rings (SSSR count). The third kappa shape index (κ3) is 4.07. The molecule has 4 heteroatoms. The van der Waals surface area contributed by atoms with Gasteiger partial charge in [0.05, 0.1) is 0 Å². The van der Waals surface area contributed by atoms with Gasteiger partial charge in [0.1, 0.15) is 5.82 Å². The Balaban J connectivity index is 1.71. The molecule has 0 spiro atoms. The van der Waals surface area contributed by atoms with Crippen molar-refractivity contribution in [3.63, 3.8) is 0 Å². The lowest BCUT2D eigenvalue weighted by Crippen LogP contribution is -2.09. The van der Waals surface area contributed by atoms with Crippen LogP contribution in [0.25, 0.3) is 0 Å². The van der Waals surface area contributed by atoms with Crippen molar-refractivity contribution in [3.05, 3.63) is 78.0 Å². The number of hydrogen-bond donors (Lipinski definition) is 2. The number of anilines is 3. The van der Waals surface area contributed by atoms with Crippen LogP contribution in [0.3, 0.4) is 0 Å². The summed E-state index contributed by atoms with van der Waals surface area (Å²) in [5.41, 5.74) is 3.42. The van der Waals surface area contributed by atoms with Crippen molar-refractivity contribution in [1.82, 2.24) is 9.97 Å². The van der Waals surface area contributed by atoms with E-state index >= 15 is 0 Å². The molecule has 2 N–H and O–H groups in total. The second kappa shape index (κ2) is 6.92. The predicted octanol–water partition coefficient (Wildman–Crippen LogP) is 4.70. The summed E-state index contributed by atoms with van der Waals surface area (Å²) >= 11 is 0. The van der Waals surface area contributed by atoms with Gasteiger partial charge in [-0.25, -0.2) is 4.98 Å². The number of aromatic nitrogens is 2. The zero-order chi connectivity index (χ0) is 16.1. The van der Waals surface area contributed by atoms with Gasteiger partial charge in [-0.15, -0.1) is 0 Å². The fraction of sp³-hybridized carbons (Fsp3) is 0.158. The van der Waals surface area contributed by atoms with Gasteiger partial charge in [0.25, 0.3) is 0 Å². The smallest absolute Gasteiger partial charge is 0.229 e. The van der Waals surface area contributed by atoms with Crippen LogP contribution < -0.4 is 10.6 Å². The maximum atomic E-state index is 4.52. The van der Waals surface area contributed by atoms with E-state index in [1.807, 2.05) is 36.4 Å². The van der Waals surface area contributed by atoms with Crippen LogP contribution in [0.2, 0.25) is 0 Å². The molecule has 0 radical (unpaired) electrons. The average Bonchev–Trinajstić information content (AvgIpc) is 2.58. The Kier molecular flexibility index (Phi) is 4.52. The van der Waals surface area contributed by atoms with Crippen LogP contribution in [0.4, 0.5) is 17.5 Å². The Hall–Kier alpha value is -2.88. The Morgan fingerprint density at radius 2 is 1.65 bits per heavy atom. The minimum atomic E-state index is 0.179. The van der Waals surface area contributed by atoms with E-state index in [0.717, 1.165) is 11.5 Å². The quantitative estimate of drug-likeness (QED) is 0.717. The molecular formula is C19H20N4. The van der Waals surface area contributed by atoms with Crippen molar-refractivity contribution >= 4 is 17.5 Å². The number of nitrogens with zero attached hydrogens (tertiary/aromatic N) is 2. The topological polar surface area (TPSA) is 49.8 Å². The Bertz CT molecular complexity index is 754. The average molecular weight is 304 g/mol. The molecule has 0 saturated carbocycles. The number of benzene rings is 2. The lowest BCUT2D eigenvalue weighted by Gasteiger charge is -2.15. The highest BCUT2D eigenvalue weighted by Gasteiger charge is 2.06. The zero-order valence-electron chi connectivity index (χ0n) is 13.3. The van der Waals surface area contributed by atoms with E-state index < -0.39 is 0 Å². The molecular weight excluding hydrogens is 284 g/mol. The second-order valence-electron chi connectivity index (χ2n) is 5.53. The summed E-state index contributed by atoms with van der Waals surface area (Å²) in [6.45, 7) is 4.18. The summed E-state index contributed by atoms with van der Waals surface area (Å²) in [5, 5.41) is 6.62. The van der Waals surface area contributed by atoms with Crippen molar-refractivity contribution in [2.24, 2.45) is 0 Å². The van der Waals surface area contributed by atoms with Gasteiger partial charge in [0, 0.05) is 17.9 Å². The van der Waals surface area contributed by atoms with Crippen molar-refractivity contribution in [1.29, 1.82) is 0 Å². The van der Waals surface area contributed by atoms with Crippen LogP contribution in [0.5, 0.6) is 0 Å². The van der Waals surface area contributed by atoms with Crippen LogP contribution in [-0.2, 0) is 0 Å². The van der Waals surface area contributed by atoms with Gasteiger partial charge in [-0.2, -0.15) is 4.98 Å². The Labute approximate surface area is 136 Å². The first-order chi connectivity index (χ1) is 11.2. The monoisotopic (exact) mass is 304 g/mol. The van der Waals surface area contributed by atoms with Crippen molar-refractivity contribution < 1.29 is 0 Å². The molecule has 23 heavy (non-hydrogen) atoms. The first kappa shape index (κ1) is 15.0. The molecule has 3 aromatic rings. The third-order valence-electron chi connectivity index (χ3n) is 3.63. The van der Waals surface area contributed by atoms with E-state index in [2.05, 4.69) is 58.7 Å². The van der Waals surface area contributed by atoms with E-state index in [0.29, 0.717) is 5.95 Å². The van der Waals surface area contributed by atoms with Crippen molar-refractivity contribution in [2.75, 3.05) is 10.6 Å². The summed E-state index contributed by atoms with van der Waals surface area (Å²) in [7, 11) is 0. The normalized spacial score (nSPS) is 11.7. The van der Waals surface area contributed by atoms with Gasteiger partial charge in [0.2, 0.25) is 5.95 Å². The molecule has 0 aliphatic carbocycles. The molecule has 1 atom stereocenters. The van der Waals surface area contributed by atoms with E-state index in [4.69, 9.17) is 0 Å². The third-order valence-corrected chi connectivity index (χ3v) is 3.63. The van der Waals surface area contributed by atoms with E-state index in [1.165, 1.54) is 11.1 Å². The Morgan fingerprint density at radius 3 is 2.39 bits per heavy atom. The number of hydrogen-bond acceptors (Lipinski definition) is 4. The van der Waals surface area contributed by atoms with Crippen molar-refractivity contribution in [2.45, 2.75) is 19.9 Å². The maximum absolute atomic E-state index is 4.52. The highest BCUT2D eigenvalue weighted by molar-refractivity contribution is 5.55. The molecule has 1 unspecified atom stereocenters. The van der Waals surface area contributed by atoms with Gasteiger partial charge in [-0.3, -0.25) is 0 Å². The molecule has 1 aromatic heterocycles. The molecule has 2 aromatic carbocycles. The lowest BCUT2D eigenvalue weighted by atomic mass is 10.1. The molecule has 116 valence electrons. The molecule has 1 heterocycles. The molecule has 0 amide bonds. The number of aryl methyl sites for hydroxylation is 1. The summed E-state index contributed by atoms with van der Waals surface area (Å²) in [5.74, 6) is 1.38. The van der Waals surface area contributed by atoms with Crippen LogP contribution in [-0.4, -0.2) is 9.97 Å². The van der Waals surface area contributed by atoms with Crippen LogP contribution >= 0.6 is 0 Å². The van der Waals surface area contributed by atoms with Crippen molar-refractivity contribution in [3.8, 4) is 0 Å². The first-order valence-electron chi connectivity index (χ1n) is 7.69. The highest BCUT2D eigenvalue weighted by Crippen LogP contribution is 2.19. The van der Waals surface area contributed by atoms with E-state index in [1.54, 1.807) is 6.20 Å². The molecule has 0 bridgehead atoms. The summed E-state index contributed by atoms with van der Waals surface area (Å²) in [6, 6.07) is 20.5. The van der Waals surface area contributed by atoms with E-state index in [9.17, 15) is 0 Å². The summed E-state index contributed by atoms with van der Waals surface area (Å²) in [4.78, 5) is 8.80. The second-order valence-corrected chi connectivity index (χ2v) is 5.53. The molecule has 4 nitrogen and oxygen atoms in total. The maximum Gasteiger partial charge on any atom is 0.229 e. The number of rotatable bonds is 5. The summed E-state index contributed by atoms with van der Waals surface area (Å²) in [6.07, 6.45) is 1.75. The number of nitrogens with one attached hydrogen (secondary N) is 2. The minimum absolute atomic E-state index is 0.179. The SMILES string of the molecule is Cc1ccc(Nc2nccc(NC(C)c3ccccc3)n2)cc1. The molecule has 0 aliphatic heterocycles. The van der Waals surface area contributed by atoms with E-state index in [-0.39, 0.29) is 6.04 Å². The fourth-order valence-corrected chi connectivity index (χ4v) is 2.31. The van der Waals surface area contributed by atoms with Crippen LogP contribution in [0.15, 0.2) is 66.9 Å². The van der Waals surface area contributed by atoms with Gasteiger partial charge < -0.3 is 10.6 Å². The Morgan fingerprint density at radius 1 is 0.913 bits per heavy atom. The van der Waals surface area contributed by atoms with Gasteiger partial charge in [-0.05, 0) is 37.6 Å². The summed E-state index contributed by atoms with van der Waals surface area (Å²) < 4.78 is 0. The fourth-order valence-electron chi connectivity index (χ4n) is 2.31. The molecule has 0 fully saturated rings. The largest absolute Gasteiger partial charge is 0.363 e. The molecule has 0 saturated heterocycles. The predicted molar refractivity (Wildman–Crippen MR) is 95.0 cm³/mol. The lowest BCUT2D eigenvalue weighted by molar-refractivity contribution is 0.873. The zero-order valence-corrected chi connectivity index (χ0v) is 13.3. The van der Waals surface area contributed by atoms with Gasteiger partial charge in [-0.1, -0.05) is 48.0 Å². The standard InChI is InChI=1S/C19H20N4/c1-14-8-10-17(11-9-14)22-19-20-13-12-18(23-19)21-15(2)16-6-4-3-5-7-16/h3-13,15H,1-2H3,(H2,20,21,22,23). The van der Waals surface area contributed by atoms with Crippen LogP contribution in [0.1, 0.15) is 24.1 Å². The first-order valence-corrected chi connectivity index (χ1v) is 7.69. The highest BCUT2D eigenvalue weighted by atomic mass is 15.1. The van der Waals surface area contributed by atoms with Gasteiger partial charge in [0.15, 0.2) is 0 Å².